The van der Waals surface area contributed by atoms with Crippen molar-refractivity contribution in [2.24, 2.45) is 17.8 Å². The lowest BCUT2D eigenvalue weighted by molar-refractivity contribution is 0.297. The first-order chi connectivity index (χ1) is 9.20. The second-order valence-electron chi connectivity index (χ2n) is 6.14. The van der Waals surface area contributed by atoms with Crippen LogP contribution in [-0.2, 0) is 6.54 Å². The minimum atomic E-state index is -0.191. The van der Waals surface area contributed by atoms with Gasteiger partial charge in [0.15, 0.2) is 4.77 Å². The third-order valence-electron chi connectivity index (χ3n) is 5.04. The van der Waals surface area contributed by atoms with E-state index in [0.717, 1.165) is 40.1 Å². The largest absolute Gasteiger partial charge is 0.331 e. The minimum Gasteiger partial charge on any atom is -0.331 e. The molecule has 1 heterocycles. The lowest BCUT2D eigenvalue weighted by atomic mass is 9.89. The lowest BCUT2D eigenvalue weighted by Crippen LogP contribution is -2.17. The van der Waals surface area contributed by atoms with Crippen LogP contribution in [0.2, 0.25) is 0 Å². The molecule has 2 fully saturated rings. The number of benzene rings is 1. The first kappa shape index (κ1) is 11.6. The molecule has 2 nitrogen and oxygen atoms in total. The number of hydrogen-bond acceptors (Lipinski definition) is 1. The highest BCUT2D eigenvalue weighted by Crippen LogP contribution is 2.49. The van der Waals surface area contributed by atoms with E-state index in [4.69, 9.17) is 12.2 Å². The quantitative estimate of drug-likeness (QED) is 0.812. The van der Waals surface area contributed by atoms with Crippen LogP contribution in [0.3, 0.4) is 0 Å². The monoisotopic (exact) mass is 276 g/mol. The van der Waals surface area contributed by atoms with Crippen LogP contribution in [0.5, 0.6) is 0 Å². The number of aromatic amines is 1. The molecule has 2 aliphatic rings. The summed E-state index contributed by atoms with van der Waals surface area (Å²) in [5.74, 6) is 2.34. The summed E-state index contributed by atoms with van der Waals surface area (Å²) in [5, 5.41) is 0. The molecule has 0 spiro atoms. The van der Waals surface area contributed by atoms with Gasteiger partial charge in [0.1, 0.15) is 5.82 Å². The molecular weight excluding hydrogens is 259 g/mol. The van der Waals surface area contributed by atoms with E-state index in [2.05, 4.69) is 9.55 Å². The average Bonchev–Trinajstić information content (AvgIpc) is 3.06. The summed E-state index contributed by atoms with van der Waals surface area (Å²) in [5.41, 5.74) is 1.85. The first-order valence-corrected chi connectivity index (χ1v) is 7.49. The van der Waals surface area contributed by atoms with Crippen molar-refractivity contribution in [3.05, 3.63) is 28.8 Å². The summed E-state index contributed by atoms with van der Waals surface area (Å²) < 4.78 is 16.2. The van der Waals surface area contributed by atoms with E-state index in [9.17, 15) is 4.39 Å². The van der Waals surface area contributed by atoms with E-state index < -0.39 is 0 Å². The third kappa shape index (κ3) is 1.84. The standard InChI is InChI=1S/C15H17FN2S/c16-12-3-4-13-14(7-12)18(15(19)17-13)8-11-6-9-1-2-10(11)5-9/h3-4,7,9-11H,1-2,5-6,8H2,(H,17,19). The Kier molecular flexibility index (Phi) is 2.56. The molecule has 0 aliphatic heterocycles. The van der Waals surface area contributed by atoms with Crippen LogP contribution < -0.4 is 0 Å². The Morgan fingerprint density at radius 2 is 2.21 bits per heavy atom. The fraction of sp³-hybridized carbons (Fsp3) is 0.533. The van der Waals surface area contributed by atoms with Crippen LogP contribution in [0.15, 0.2) is 18.2 Å². The van der Waals surface area contributed by atoms with Crippen molar-refractivity contribution in [3.63, 3.8) is 0 Å². The van der Waals surface area contributed by atoms with E-state index in [1.165, 1.54) is 31.7 Å². The predicted octanol–water partition coefficient (Wildman–Crippen LogP) is 4.27. The molecule has 2 bridgehead atoms. The molecule has 2 saturated carbocycles. The highest BCUT2D eigenvalue weighted by molar-refractivity contribution is 7.71. The summed E-state index contributed by atoms with van der Waals surface area (Å²) in [6.45, 7) is 0.948. The van der Waals surface area contributed by atoms with Gasteiger partial charge in [0.25, 0.3) is 0 Å². The Morgan fingerprint density at radius 1 is 1.32 bits per heavy atom. The van der Waals surface area contributed by atoms with Crippen LogP contribution in [0.1, 0.15) is 25.7 Å². The fourth-order valence-electron chi connectivity index (χ4n) is 4.14. The summed E-state index contributed by atoms with van der Waals surface area (Å²) in [4.78, 5) is 3.18. The lowest BCUT2D eigenvalue weighted by Gasteiger charge is -2.22. The molecule has 3 unspecified atom stereocenters. The van der Waals surface area contributed by atoms with Crippen molar-refractivity contribution in [1.29, 1.82) is 0 Å². The fourth-order valence-corrected chi connectivity index (χ4v) is 4.42. The Bertz CT molecular complexity index is 687. The predicted molar refractivity (Wildman–Crippen MR) is 76.0 cm³/mol. The van der Waals surface area contributed by atoms with E-state index in [0.29, 0.717) is 0 Å². The van der Waals surface area contributed by atoms with Gasteiger partial charge in [0, 0.05) is 6.54 Å². The number of H-pyrrole nitrogens is 1. The van der Waals surface area contributed by atoms with E-state index in [1.807, 2.05) is 0 Å². The molecule has 4 heteroatoms. The number of aromatic nitrogens is 2. The summed E-state index contributed by atoms with van der Waals surface area (Å²) in [6, 6.07) is 4.85. The van der Waals surface area contributed by atoms with Gasteiger partial charge >= 0.3 is 0 Å². The van der Waals surface area contributed by atoms with Crippen LogP contribution in [0.4, 0.5) is 4.39 Å². The molecule has 4 rings (SSSR count). The van der Waals surface area contributed by atoms with Gasteiger partial charge in [-0.2, -0.15) is 0 Å². The van der Waals surface area contributed by atoms with Gasteiger partial charge in [-0.1, -0.05) is 6.42 Å². The zero-order chi connectivity index (χ0) is 13.0. The summed E-state index contributed by atoms with van der Waals surface area (Å²) in [6.07, 6.45) is 5.51. The normalized spacial score (nSPS) is 29.4. The third-order valence-corrected chi connectivity index (χ3v) is 5.36. The van der Waals surface area contributed by atoms with Crippen molar-refractivity contribution < 1.29 is 4.39 Å². The summed E-state index contributed by atoms with van der Waals surface area (Å²) >= 11 is 5.40. The molecule has 0 amide bonds. The topological polar surface area (TPSA) is 20.7 Å². The maximum absolute atomic E-state index is 13.4. The van der Waals surface area contributed by atoms with Crippen molar-refractivity contribution in [2.45, 2.75) is 32.2 Å². The van der Waals surface area contributed by atoms with Gasteiger partial charge in [0.05, 0.1) is 11.0 Å². The zero-order valence-electron chi connectivity index (χ0n) is 10.7. The highest BCUT2D eigenvalue weighted by Gasteiger charge is 2.39. The van der Waals surface area contributed by atoms with Gasteiger partial charge in [0.2, 0.25) is 0 Å². The van der Waals surface area contributed by atoms with Gasteiger partial charge in [-0.15, -0.1) is 0 Å². The van der Waals surface area contributed by atoms with Crippen molar-refractivity contribution >= 4 is 23.3 Å². The van der Waals surface area contributed by atoms with Crippen LogP contribution in [-0.4, -0.2) is 9.55 Å². The SMILES string of the molecule is Fc1ccc2[nH]c(=S)n(CC3CC4CCC3C4)c2c1. The minimum absolute atomic E-state index is 0.191. The van der Waals surface area contributed by atoms with Gasteiger partial charge < -0.3 is 9.55 Å². The molecule has 3 atom stereocenters. The molecular formula is C15H17FN2S. The summed E-state index contributed by atoms with van der Waals surface area (Å²) in [7, 11) is 0. The van der Waals surface area contributed by atoms with Crippen LogP contribution in [0.25, 0.3) is 11.0 Å². The van der Waals surface area contributed by atoms with Crippen molar-refractivity contribution in [2.75, 3.05) is 0 Å². The van der Waals surface area contributed by atoms with E-state index in [1.54, 1.807) is 12.1 Å². The Labute approximate surface area is 116 Å². The number of imidazole rings is 1. The van der Waals surface area contributed by atoms with Gasteiger partial charge in [-0.3, -0.25) is 0 Å². The van der Waals surface area contributed by atoms with Gasteiger partial charge in [-0.25, -0.2) is 4.39 Å². The highest BCUT2D eigenvalue weighted by atomic mass is 32.1. The zero-order valence-corrected chi connectivity index (χ0v) is 11.5. The molecule has 2 aromatic rings. The Balaban J connectivity index is 1.72. The number of hydrogen-bond donors (Lipinski definition) is 1. The number of fused-ring (bicyclic) bond motifs is 3. The Hall–Kier alpha value is -1.16. The molecule has 0 radical (unpaired) electrons. The average molecular weight is 276 g/mol. The molecule has 2 aliphatic carbocycles. The second-order valence-corrected chi connectivity index (χ2v) is 6.52. The van der Waals surface area contributed by atoms with Crippen molar-refractivity contribution in [1.82, 2.24) is 9.55 Å². The number of halogens is 1. The first-order valence-electron chi connectivity index (χ1n) is 7.09. The molecule has 0 saturated heterocycles. The number of nitrogens with one attached hydrogen (secondary N) is 1. The van der Waals surface area contributed by atoms with Crippen LogP contribution >= 0.6 is 12.2 Å². The smallest absolute Gasteiger partial charge is 0.178 e. The number of nitrogens with zero attached hydrogens (tertiary/aromatic N) is 1. The molecule has 100 valence electrons. The molecule has 1 N–H and O–H groups in total. The maximum atomic E-state index is 13.4. The maximum Gasteiger partial charge on any atom is 0.178 e. The second kappa shape index (κ2) is 4.17. The van der Waals surface area contributed by atoms with Crippen LogP contribution in [0, 0.1) is 28.3 Å². The molecule has 19 heavy (non-hydrogen) atoms. The van der Waals surface area contributed by atoms with E-state index in [-0.39, 0.29) is 5.82 Å². The molecule has 1 aromatic carbocycles. The van der Waals surface area contributed by atoms with Gasteiger partial charge in [-0.05, 0) is 67.4 Å². The molecule has 1 aromatic heterocycles. The number of rotatable bonds is 2. The van der Waals surface area contributed by atoms with Crippen molar-refractivity contribution in [3.8, 4) is 0 Å². The Morgan fingerprint density at radius 3 is 2.95 bits per heavy atom. The van der Waals surface area contributed by atoms with E-state index >= 15 is 0 Å².